The maximum absolute atomic E-state index is 12.4. The Hall–Kier alpha value is -2.21. The van der Waals surface area contributed by atoms with Gasteiger partial charge in [-0.3, -0.25) is 14.2 Å². The molecule has 1 aromatic heterocycles. The van der Waals surface area contributed by atoms with Crippen LogP contribution in [-0.2, 0) is 11.3 Å². The molecule has 1 aromatic carbocycles. The van der Waals surface area contributed by atoms with Crippen molar-refractivity contribution in [2.75, 3.05) is 19.7 Å². The minimum absolute atomic E-state index is 0.0569. The molecule has 0 radical (unpaired) electrons. The molecule has 1 amide bonds. The molecule has 23 heavy (non-hydrogen) atoms. The van der Waals surface area contributed by atoms with Crippen LogP contribution in [0.5, 0.6) is 0 Å². The summed E-state index contributed by atoms with van der Waals surface area (Å²) in [6.07, 6.45) is 3.50. The van der Waals surface area contributed by atoms with E-state index >= 15 is 0 Å². The Labute approximate surface area is 134 Å². The molecule has 1 fully saturated rings. The quantitative estimate of drug-likeness (QED) is 0.914. The van der Waals surface area contributed by atoms with Gasteiger partial charge in [0.15, 0.2) is 0 Å². The Morgan fingerprint density at radius 1 is 1.26 bits per heavy atom. The number of aliphatic hydroxyl groups excluding tert-OH is 1. The number of aromatic nitrogens is 2. The highest BCUT2D eigenvalue weighted by Crippen LogP contribution is 2.17. The first-order chi connectivity index (χ1) is 11.2. The van der Waals surface area contributed by atoms with Gasteiger partial charge < -0.3 is 10.0 Å². The molecule has 0 bridgehead atoms. The van der Waals surface area contributed by atoms with E-state index in [9.17, 15) is 9.59 Å². The van der Waals surface area contributed by atoms with Crippen LogP contribution in [0, 0.1) is 5.92 Å². The Bertz CT molecular complexity index is 748. The van der Waals surface area contributed by atoms with Gasteiger partial charge in [0.05, 0.1) is 17.2 Å². The lowest BCUT2D eigenvalue weighted by Gasteiger charge is -2.31. The predicted molar refractivity (Wildman–Crippen MR) is 87.0 cm³/mol. The fraction of sp³-hybridized carbons (Fsp3) is 0.471. The molecule has 6 nitrogen and oxygen atoms in total. The number of piperidine rings is 1. The third-order valence-corrected chi connectivity index (χ3v) is 4.52. The summed E-state index contributed by atoms with van der Waals surface area (Å²) in [7, 11) is 0. The first-order valence-electron chi connectivity index (χ1n) is 8.02. The number of aliphatic hydroxyl groups is 1. The number of rotatable bonds is 4. The second-order valence-corrected chi connectivity index (χ2v) is 6.02. The molecule has 0 unspecified atom stereocenters. The molecule has 1 aliphatic rings. The molecule has 1 saturated heterocycles. The van der Waals surface area contributed by atoms with E-state index in [1.165, 1.54) is 10.9 Å². The zero-order valence-corrected chi connectivity index (χ0v) is 13.0. The smallest absolute Gasteiger partial charge is 0.261 e. The van der Waals surface area contributed by atoms with E-state index in [1.807, 2.05) is 17.0 Å². The molecule has 3 rings (SSSR count). The van der Waals surface area contributed by atoms with Crippen LogP contribution < -0.4 is 5.56 Å². The van der Waals surface area contributed by atoms with E-state index < -0.39 is 0 Å². The number of carbonyl (C=O) groups is 1. The van der Waals surface area contributed by atoms with Crippen LogP contribution in [0.25, 0.3) is 10.9 Å². The van der Waals surface area contributed by atoms with Crippen LogP contribution >= 0.6 is 0 Å². The fourth-order valence-corrected chi connectivity index (χ4v) is 3.00. The summed E-state index contributed by atoms with van der Waals surface area (Å²) in [5.41, 5.74) is 0.563. The molecule has 6 heteroatoms. The van der Waals surface area contributed by atoms with Crippen molar-refractivity contribution in [3.8, 4) is 0 Å². The summed E-state index contributed by atoms with van der Waals surface area (Å²) < 4.78 is 1.50. The van der Waals surface area contributed by atoms with Crippen LogP contribution in [0.1, 0.15) is 19.3 Å². The van der Waals surface area contributed by atoms with E-state index in [0.29, 0.717) is 42.9 Å². The maximum Gasteiger partial charge on any atom is 0.261 e. The van der Waals surface area contributed by atoms with Crippen molar-refractivity contribution in [1.29, 1.82) is 0 Å². The number of likely N-dealkylation sites (tertiary alicyclic amines) is 1. The molecule has 0 saturated carbocycles. The summed E-state index contributed by atoms with van der Waals surface area (Å²) in [6.45, 7) is 1.92. The second kappa shape index (κ2) is 6.91. The van der Waals surface area contributed by atoms with Gasteiger partial charge in [0.2, 0.25) is 5.91 Å². The fourth-order valence-electron chi connectivity index (χ4n) is 3.00. The van der Waals surface area contributed by atoms with Gasteiger partial charge >= 0.3 is 0 Å². The lowest BCUT2D eigenvalue weighted by Crippen LogP contribution is -2.39. The molecule has 0 spiro atoms. The Kier molecular flexibility index (Phi) is 4.71. The maximum atomic E-state index is 12.4. The van der Waals surface area contributed by atoms with Gasteiger partial charge in [0.1, 0.15) is 0 Å². The average Bonchev–Trinajstić information content (AvgIpc) is 2.61. The number of nitrogens with zero attached hydrogens (tertiary/aromatic N) is 3. The van der Waals surface area contributed by atoms with Crippen molar-refractivity contribution in [2.45, 2.75) is 25.8 Å². The van der Waals surface area contributed by atoms with E-state index in [1.54, 1.807) is 12.1 Å². The van der Waals surface area contributed by atoms with Crippen LogP contribution in [-0.4, -0.2) is 45.2 Å². The Morgan fingerprint density at radius 2 is 2.00 bits per heavy atom. The zero-order valence-electron chi connectivity index (χ0n) is 13.0. The van der Waals surface area contributed by atoms with Crippen LogP contribution in [0.2, 0.25) is 0 Å². The monoisotopic (exact) mass is 315 g/mol. The standard InChI is InChI=1S/C17H21N3O3/c21-11-13-5-8-19(9-6-13)16(22)7-10-20-12-18-15-4-2-1-3-14(15)17(20)23/h1-4,12-13,21H,5-11H2. The number of hydrogen-bond donors (Lipinski definition) is 1. The molecule has 0 atom stereocenters. The highest BCUT2D eigenvalue weighted by atomic mass is 16.3. The van der Waals surface area contributed by atoms with Crippen molar-refractivity contribution in [1.82, 2.24) is 14.5 Å². The number of carbonyl (C=O) groups excluding carboxylic acids is 1. The lowest BCUT2D eigenvalue weighted by molar-refractivity contribution is -0.133. The van der Waals surface area contributed by atoms with Gasteiger partial charge in [-0.25, -0.2) is 4.98 Å². The van der Waals surface area contributed by atoms with Gasteiger partial charge in [0.25, 0.3) is 5.56 Å². The molecule has 122 valence electrons. The van der Waals surface area contributed by atoms with E-state index in [2.05, 4.69) is 4.98 Å². The molecule has 2 heterocycles. The third kappa shape index (κ3) is 3.42. The van der Waals surface area contributed by atoms with Crippen molar-refractivity contribution >= 4 is 16.8 Å². The van der Waals surface area contributed by atoms with Crippen LogP contribution in [0.4, 0.5) is 0 Å². The summed E-state index contributed by atoms with van der Waals surface area (Å²) in [5.74, 6) is 0.368. The summed E-state index contributed by atoms with van der Waals surface area (Å²) in [4.78, 5) is 30.7. The molecular weight excluding hydrogens is 294 g/mol. The van der Waals surface area contributed by atoms with Crippen LogP contribution in [0.15, 0.2) is 35.4 Å². The molecule has 1 aliphatic heterocycles. The molecule has 1 N–H and O–H groups in total. The van der Waals surface area contributed by atoms with Crippen molar-refractivity contribution in [3.63, 3.8) is 0 Å². The topological polar surface area (TPSA) is 75.4 Å². The molecule has 0 aliphatic carbocycles. The van der Waals surface area contributed by atoms with E-state index in [-0.39, 0.29) is 18.1 Å². The first-order valence-corrected chi connectivity index (χ1v) is 8.02. The number of benzene rings is 1. The number of para-hydroxylation sites is 1. The van der Waals surface area contributed by atoms with Gasteiger partial charge in [-0.2, -0.15) is 0 Å². The Morgan fingerprint density at radius 3 is 2.74 bits per heavy atom. The Balaban J connectivity index is 1.63. The van der Waals surface area contributed by atoms with E-state index in [4.69, 9.17) is 5.11 Å². The number of hydrogen-bond acceptors (Lipinski definition) is 4. The minimum Gasteiger partial charge on any atom is -0.396 e. The minimum atomic E-state index is -0.109. The molecular formula is C17H21N3O3. The zero-order chi connectivity index (χ0) is 16.2. The van der Waals surface area contributed by atoms with Crippen LogP contribution in [0.3, 0.4) is 0 Å². The molecule has 2 aromatic rings. The van der Waals surface area contributed by atoms with Crippen molar-refractivity contribution < 1.29 is 9.90 Å². The van der Waals surface area contributed by atoms with Crippen molar-refractivity contribution in [3.05, 3.63) is 40.9 Å². The van der Waals surface area contributed by atoms with Crippen molar-refractivity contribution in [2.24, 2.45) is 5.92 Å². The highest BCUT2D eigenvalue weighted by molar-refractivity contribution is 5.77. The largest absolute Gasteiger partial charge is 0.396 e. The van der Waals surface area contributed by atoms with Gasteiger partial charge in [-0.05, 0) is 30.9 Å². The third-order valence-electron chi connectivity index (χ3n) is 4.52. The van der Waals surface area contributed by atoms with E-state index in [0.717, 1.165) is 12.8 Å². The van der Waals surface area contributed by atoms with Gasteiger partial charge in [-0.1, -0.05) is 12.1 Å². The summed E-state index contributed by atoms with van der Waals surface area (Å²) in [6, 6.07) is 7.21. The van der Waals surface area contributed by atoms with Gasteiger partial charge in [-0.15, -0.1) is 0 Å². The predicted octanol–water partition coefficient (Wildman–Crippen LogP) is 1.02. The average molecular weight is 315 g/mol. The first kappa shape index (κ1) is 15.7. The number of amides is 1. The summed E-state index contributed by atoms with van der Waals surface area (Å²) >= 11 is 0. The number of aryl methyl sites for hydroxylation is 1. The van der Waals surface area contributed by atoms with Gasteiger partial charge in [0, 0.05) is 32.7 Å². The highest BCUT2D eigenvalue weighted by Gasteiger charge is 2.22. The SMILES string of the molecule is O=C(CCn1cnc2ccccc2c1=O)N1CCC(CO)CC1. The summed E-state index contributed by atoms with van der Waals surface area (Å²) in [5, 5.41) is 9.71. The lowest BCUT2D eigenvalue weighted by atomic mass is 9.98. The second-order valence-electron chi connectivity index (χ2n) is 6.02. The normalized spacial score (nSPS) is 16.0. The number of fused-ring (bicyclic) bond motifs is 1.